The van der Waals surface area contributed by atoms with Gasteiger partial charge in [-0.15, -0.1) is 0 Å². The Labute approximate surface area is 160 Å². The largest absolute Gasteiger partial charge is 0.464 e. The molecule has 3 aromatic carbocycles. The number of ether oxygens (including phenoxy) is 1. The summed E-state index contributed by atoms with van der Waals surface area (Å²) in [5.74, 6) is -0.300. The van der Waals surface area contributed by atoms with E-state index in [1.807, 2.05) is 97.9 Å². The lowest BCUT2D eigenvalue weighted by Crippen LogP contribution is -2.26. The Kier molecular flexibility index (Phi) is 6.53. The molecule has 0 radical (unpaired) electrons. The Morgan fingerprint density at radius 1 is 0.815 bits per heavy atom. The Morgan fingerprint density at radius 3 is 1.78 bits per heavy atom. The molecule has 0 fully saturated rings. The van der Waals surface area contributed by atoms with Crippen LogP contribution < -0.4 is 0 Å². The summed E-state index contributed by atoms with van der Waals surface area (Å²) in [7, 11) is 0. The van der Waals surface area contributed by atoms with Crippen LogP contribution in [0, 0.1) is 0 Å². The summed E-state index contributed by atoms with van der Waals surface area (Å²) in [6, 6.07) is 29.2. The van der Waals surface area contributed by atoms with Gasteiger partial charge in [-0.05, 0) is 12.5 Å². The number of esters is 1. The van der Waals surface area contributed by atoms with Gasteiger partial charge in [-0.25, -0.2) is 4.79 Å². The van der Waals surface area contributed by atoms with Gasteiger partial charge in [0.15, 0.2) is 6.04 Å². The van der Waals surface area contributed by atoms with Gasteiger partial charge in [-0.2, -0.15) is 0 Å². The second-order valence-electron chi connectivity index (χ2n) is 6.17. The maximum absolute atomic E-state index is 12.6. The van der Waals surface area contributed by atoms with Crippen molar-refractivity contribution < 1.29 is 9.53 Å². The fraction of sp³-hybridized carbons (Fsp3) is 0.167. The van der Waals surface area contributed by atoms with Crippen molar-refractivity contribution in [3.63, 3.8) is 0 Å². The molecule has 0 aliphatic carbocycles. The van der Waals surface area contributed by atoms with Crippen molar-refractivity contribution in [2.24, 2.45) is 4.99 Å². The molecule has 3 heteroatoms. The van der Waals surface area contributed by atoms with Crippen molar-refractivity contribution >= 4 is 11.7 Å². The third-order valence-corrected chi connectivity index (χ3v) is 4.21. The number of rotatable bonds is 7. The zero-order valence-electron chi connectivity index (χ0n) is 15.4. The van der Waals surface area contributed by atoms with E-state index in [0.717, 1.165) is 22.4 Å². The standard InChI is InChI=1S/C24H23NO2/c1-2-27-24(26)22(18-19-12-6-3-7-13-19)25-23(20-14-8-4-9-15-20)21-16-10-5-11-17-21/h3-17,22H,2,18H2,1H3/t22-/m1/s1. The van der Waals surface area contributed by atoms with Crippen LogP contribution >= 0.6 is 0 Å². The van der Waals surface area contributed by atoms with Gasteiger partial charge in [0.1, 0.15) is 0 Å². The van der Waals surface area contributed by atoms with Gasteiger partial charge in [0, 0.05) is 17.5 Å². The highest BCUT2D eigenvalue weighted by Gasteiger charge is 2.21. The number of hydrogen-bond donors (Lipinski definition) is 0. The lowest BCUT2D eigenvalue weighted by molar-refractivity contribution is -0.144. The molecule has 0 aliphatic rings. The predicted octanol–water partition coefficient (Wildman–Crippen LogP) is 4.70. The van der Waals surface area contributed by atoms with E-state index in [1.54, 1.807) is 0 Å². The molecule has 0 unspecified atom stereocenters. The Morgan fingerprint density at radius 2 is 1.30 bits per heavy atom. The number of benzene rings is 3. The van der Waals surface area contributed by atoms with Crippen molar-refractivity contribution in [3.8, 4) is 0 Å². The third-order valence-electron chi connectivity index (χ3n) is 4.21. The summed E-state index contributed by atoms with van der Waals surface area (Å²) in [6.45, 7) is 2.15. The van der Waals surface area contributed by atoms with Crippen molar-refractivity contribution in [1.82, 2.24) is 0 Å². The highest BCUT2D eigenvalue weighted by molar-refractivity contribution is 6.13. The first-order valence-corrected chi connectivity index (χ1v) is 9.17. The molecule has 3 nitrogen and oxygen atoms in total. The topological polar surface area (TPSA) is 38.7 Å². The van der Waals surface area contributed by atoms with Gasteiger partial charge < -0.3 is 4.74 Å². The fourth-order valence-electron chi connectivity index (χ4n) is 2.92. The second-order valence-corrected chi connectivity index (χ2v) is 6.17. The maximum atomic E-state index is 12.6. The zero-order chi connectivity index (χ0) is 18.9. The van der Waals surface area contributed by atoms with Gasteiger partial charge in [0.05, 0.1) is 12.3 Å². The summed E-state index contributed by atoms with van der Waals surface area (Å²) in [5, 5.41) is 0. The van der Waals surface area contributed by atoms with Crippen molar-refractivity contribution in [1.29, 1.82) is 0 Å². The number of nitrogens with zero attached hydrogens (tertiary/aromatic N) is 1. The van der Waals surface area contributed by atoms with E-state index in [-0.39, 0.29) is 5.97 Å². The van der Waals surface area contributed by atoms with Crippen LogP contribution in [-0.4, -0.2) is 24.3 Å². The van der Waals surface area contributed by atoms with Crippen LogP contribution in [0.4, 0.5) is 0 Å². The number of carbonyl (C=O) groups is 1. The van der Waals surface area contributed by atoms with E-state index < -0.39 is 6.04 Å². The van der Waals surface area contributed by atoms with Crippen molar-refractivity contribution in [2.45, 2.75) is 19.4 Å². The normalized spacial score (nSPS) is 11.4. The van der Waals surface area contributed by atoms with Gasteiger partial charge in [-0.3, -0.25) is 4.99 Å². The summed E-state index contributed by atoms with van der Waals surface area (Å²) in [5.41, 5.74) is 3.81. The molecule has 0 bridgehead atoms. The van der Waals surface area contributed by atoms with E-state index in [2.05, 4.69) is 0 Å². The summed E-state index contributed by atoms with van der Waals surface area (Å²) in [6.07, 6.45) is 0.503. The average Bonchev–Trinajstić information content (AvgIpc) is 2.73. The first-order valence-electron chi connectivity index (χ1n) is 9.17. The van der Waals surface area contributed by atoms with Crippen LogP contribution in [0.5, 0.6) is 0 Å². The molecule has 3 rings (SSSR count). The molecule has 0 N–H and O–H groups in total. The molecule has 136 valence electrons. The van der Waals surface area contributed by atoms with Crippen LogP contribution in [0.25, 0.3) is 0 Å². The van der Waals surface area contributed by atoms with Gasteiger partial charge >= 0.3 is 5.97 Å². The minimum absolute atomic E-state index is 0.300. The van der Waals surface area contributed by atoms with E-state index in [4.69, 9.17) is 9.73 Å². The molecule has 0 aromatic heterocycles. The first-order chi connectivity index (χ1) is 13.3. The van der Waals surface area contributed by atoms with Crippen LogP contribution in [0.2, 0.25) is 0 Å². The van der Waals surface area contributed by atoms with E-state index in [0.29, 0.717) is 13.0 Å². The summed E-state index contributed by atoms with van der Waals surface area (Å²) >= 11 is 0. The van der Waals surface area contributed by atoms with Crippen molar-refractivity contribution in [3.05, 3.63) is 108 Å². The minimum atomic E-state index is -0.595. The fourth-order valence-corrected chi connectivity index (χ4v) is 2.92. The van der Waals surface area contributed by atoms with Gasteiger partial charge in [0.2, 0.25) is 0 Å². The maximum Gasteiger partial charge on any atom is 0.331 e. The molecule has 0 aliphatic heterocycles. The lowest BCUT2D eigenvalue weighted by Gasteiger charge is -2.15. The molecule has 0 spiro atoms. The molecule has 27 heavy (non-hydrogen) atoms. The molecular weight excluding hydrogens is 334 g/mol. The van der Waals surface area contributed by atoms with Gasteiger partial charge in [0.25, 0.3) is 0 Å². The predicted molar refractivity (Wildman–Crippen MR) is 109 cm³/mol. The Balaban J connectivity index is 2.03. The number of aliphatic imine (C=N–C) groups is 1. The number of carbonyl (C=O) groups excluding carboxylic acids is 1. The smallest absolute Gasteiger partial charge is 0.331 e. The molecule has 0 saturated heterocycles. The van der Waals surface area contributed by atoms with Crippen molar-refractivity contribution in [2.75, 3.05) is 6.61 Å². The summed E-state index contributed by atoms with van der Waals surface area (Å²) in [4.78, 5) is 17.5. The van der Waals surface area contributed by atoms with E-state index in [1.165, 1.54) is 0 Å². The Hall–Kier alpha value is -3.20. The Bertz CT molecular complexity index is 833. The average molecular weight is 357 g/mol. The van der Waals surface area contributed by atoms with Crippen LogP contribution in [0.3, 0.4) is 0 Å². The SMILES string of the molecule is CCOC(=O)[C@@H](Cc1ccccc1)N=C(c1ccccc1)c1ccccc1. The highest BCUT2D eigenvalue weighted by Crippen LogP contribution is 2.15. The molecule has 3 aromatic rings. The molecule has 0 saturated carbocycles. The highest BCUT2D eigenvalue weighted by atomic mass is 16.5. The minimum Gasteiger partial charge on any atom is -0.464 e. The monoisotopic (exact) mass is 357 g/mol. The lowest BCUT2D eigenvalue weighted by atomic mass is 10.0. The number of hydrogen-bond acceptors (Lipinski definition) is 3. The third kappa shape index (κ3) is 5.14. The zero-order valence-corrected chi connectivity index (χ0v) is 15.4. The van der Waals surface area contributed by atoms with E-state index >= 15 is 0 Å². The van der Waals surface area contributed by atoms with Gasteiger partial charge in [-0.1, -0.05) is 91.0 Å². The first kappa shape index (κ1) is 18.6. The molecule has 1 atom stereocenters. The molecule has 0 amide bonds. The quantitative estimate of drug-likeness (QED) is 0.454. The second kappa shape index (κ2) is 9.48. The van der Waals surface area contributed by atoms with E-state index in [9.17, 15) is 4.79 Å². The van der Waals surface area contributed by atoms with Crippen LogP contribution in [0.15, 0.2) is 96.0 Å². The molecule has 0 heterocycles. The van der Waals surface area contributed by atoms with Crippen LogP contribution in [0.1, 0.15) is 23.6 Å². The summed E-state index contributed by atoms with van der Waals surface area (Å²) < 4.78 is 5.30. The molecular formula is C24H23NO2. The van der Waals surface area contributed by atoms with Crippen LogP contribution in [-0.2, 0) is 16.0 Å².